The lowest BCUT2D eigenvalue weighted by atomic mass is 9.88. The molecule has 3 aliphatic heterocycles. The molecule has 1 amide bonds. The Hall–Kier alpha value is -2.18. The van der Waals surface area contributed by atoms with Crippen LogP contribution < -0.4 is 10.6 Å². The molecule has 2 aromatic rings. The van der Waals surface area contributed by atoms with Gasteiger partial charge in [0.05, 0.1) is 28.6 Å². The van der Waals surface area contributed by atoms with Crippen LogP contribution in [0.15, 0.2) is 21.8 Å². The highest BCUT2D eigenvalue weighted by molar-refractivity contribution is 7.99. The number of halogens is 4. The summed E-state index contributed by atoms with van der Waals surface area (Å²) in [6.45, 7) is 11.3. The van der Waals surface area contributed by atoms with Crippen molar-refractivity contribution < 1.29 is 27.4 Å². The second kappa shape index (κ2) is 10.4. The van der Waals surface area contributed by atoms with Gasteiger partial charge in [-0.05, 0) is 39.8 Å². The topological polar surface area (TPSA) is 76.9 Å². The number of ether oxygens (including phenoxy) is 2. The molecule has 38 heavy (non-hydrogen) atoms. The molecule has 13 heteroatoms. The van der Waals surface area contributed by atoms with Gasteiger partial charge in [-0.2, -0.15) is 18.2 Å². The first kappa shape index (κ1) is 28.8. The number of rotatable bonds is 1. The molecule has 0 N–H and O–H groups in total. The van der Waals surface area contributed by atoms with Gasteiger partial charge in [0.2, 0.25) is 0 Å². The average Bonchev–Trinajstić information content (AvgIpc) is 2.95. The Morgan fingerprint density at radius 1 is 1.21 bits per heavy atom. The van der Waals surface area contributed by atoms with Gasteiger partial charge in [0.1, 0.15) is 11.4 Å². The van der Waals surface area contributed by atoms with Crippen molar-refractivity contribution in [3.8, 4) is 0 Å². The van der Waals surface area contributed by atoms with Gasteiger partial charge in [0.25, 0.3) is 0 Å². The zero-order chi connectivity index (χ0) is 28.0. The Kier molecular flexibility index (Phi) is 7.90. The third kappa shape index (κ3) is 6.34. The summed E-state index contributed by atoms with van der Waals surface area (Å²) in [4.78, 5) is 35.2. The lowest BCUT2D eigenvalue weighted by Gasteiger charge is -2.41. The largest absolute Gasteiger partial charge is 0.444 e. The fourth-order valence-electron chi connectivity index (χ4n) is 4.74. The molecule has 2 fully saturated rings. The number of hydrogen-bond acceptors (Lipinski definition) is 7. The molecular weight excluding hydrogens is 545 g/mol. The van der Waals surface area contributed by atoms with Gasteiger partial charge >= 0.3 is 18.0 Å². The number of anilines is 1. The fourth-order valence-corrected chi connectivity index (χ4v) is 6.33. The predicted molar refractivity (Wildman–Crippen MR) is 141 cm³/mol. The minimum Gasteiger partial charge on any atom is -0.444 e. The quantitative estimate of drug-likeness (QED) is 0.463. The van der Waals surface area contributed by atoms with Crippen LogP contribution in [-0.2, 0) is 16.0 Å². The summed E-state index contributed by atoms with van der Waals surface area (Å²) in [7, 11) is 0. The maximum Gasteiger partial charge on any atom is 0.410 e. The van der Waals surface area contributed by atoms with Crippen molar-refractivity contribution in [3.63, 3.8) is 0 Å². The van der Waals surface area contributed by atoms with Crippen molar-refractivity contribution in [3.05, 3.63) is 27.6 Å². The van der Waals surface area contributed by atoms with E-state index in [1.165, 1.54) is 0 Å². The monoisotopic (exact) mass is 576 g/mol. The molecule has 0 radical (unpaired) electrons. The lowest BCUT2D eigenvalue weighted by Crippen LogP contribution is -2.55. The van der Waals surface area contributed by atoms with E-state index in [0.29, 0.717) is 50.2 Å². The minimum absolute atomic E-state index is 0.0273. The number of amides is 1. The number of hydrogen-bond donors (Lipinski definition) is 0. The van der Waals surface area contributed by atoms with E-state index >= 15 is 0 Å². The fraction of sp³-hybridized carbons (Fsp3) is 0.640. The predicted octanol–water partition coefficient (Wildman–Crippen LogP) is 5.19. The van der Waals surface area contributed by atoms with E-state index in [0.717, 1.165) is 21.6 Å². The number of piperazine rings is 1. The third-order valence-electron chi connectivity index (χ3n) is 6.41. The minimum atomic E-state index is -4.00. The number of benzene rings is 1. The molecule has 0 saturated carbocycles. The van der Waals surface area contributed by atoms with Gasteiger partial charge in [-0.3, -0.25) is 4.57 Å². The van der Waals surface area contributed by atoms with Crippen LogP contribution in [0.4, 0.5) is 23.8 Å². The van der Waals surface area contributed by atoms with Gasteiger partial charge < -0.3 is 19.3 Å². The first-order valence-electron chi connectivity index (χ1n) is 12.3. The van der Waals surface area contributed by atoms with E-state index in [1.807, 2.05) is 39.8 Å². The van der Waals surface area contributed by atoms with Gasteiger partial charge in [0, 0.05) is 55.7 Å². The maximum atomic E-state index is 13.3. The van der Waals surface area contributed by atoms with Crippen molar-refractivity contribution in [1.82, 2.24) is 14.5 Å². The summed E-state index contributed by atoms with van der Waals surface area (Å²) in [5, 5.41) is 1.56. The van der Waals surface area contributed by atoms with Gasteiger partial charge in [-0.25, -0.2) is 9.59 Å². The summed E-state index contributed by atoms with van der Waals surface area (Å²) in [6.07, 6.45) is -4.31. The van der Waals surface area contributed by atoms with Crippen LogP contribution in [0, 0.1) is 5.41 Å². The summed E-state index contributed by atoms with van der Waals surface area (Å²) in [5.41, 5.74) is -0.00816. The van der Waals surface area contributed by atoms with Crippen molar-refractivity contribution in [2.24, 2.45) is 5.41 Å². The Labute approximate surface area is 228 Å². The number of carbonyl (C=O) groups is 1. The van der Waals surface area contributed by atoms with Gasteiger partial charge in [-0.1, -0.05) is 11.6 Å². The normalized spacial score (nSPS) is 20.9. The van der Waals surface area contributed by atoms with Crippen molar-refractivity contribution in [1.29, 1.82) is 0 Å². The van der Waals surface area contributed by atoms with E-state index in [-0.39, 0.29) is 30.2 Å². The van der Waals surface area contributed by atoms with E-state index < -0.39 is 11.8 Å². The first-order valence-corrected chi connectivity index (χ1v) is 13.7. The molecule has 1 spiro atoms. The average molecular weight is 577 g/mol. The van der Waals surface area contributed by atoms with E-state index in [4.69, 9.17) is 21.1 Å². The molecule has 1 unspecified atom stereocenters. The zero-order valence-electron chi connectivity index (χ0n) is 22.0. The van der Waals surface area contributed by atoms with E-state index in [1.54, 1.807) is 21.2 Å². The highest BCUT2D eigenvalue weighted by Crippen LogP contribution is 2.45. The standard InChI is InChI=1S/C23H29ClN4O4S.C2H3F3/c1-14-9-26(21(30)32-22(2,3)4)7-8-27(14)19-15-5-6-16(24)18-17(15)28(20(29)25-19)10-23(13-33-18)11-31-12-23;1-2(3,4)5/h5-6,14H,7-13H2,1-4H3;1H3. The molecule has 8 nitrogen and oxygen atoms in total. The highest BCUT2D eigenvalue weighted by atomic mass is 35.5. The summed E-state index contributed by atoms with van der Waals surface area (Å²) < 4.78 is 43.9. The molecule has 0 bridgehead atoms. The number of aromatic nitrogens is 2. The van der Waals surface area contributed by atoms with Crippen molar-refractivity contribution in [2.75, 3.05) is 43.5 Å². The van der Waals surface area contributed by atoms with Crippen LogP contribution in [0.2, 0.25) is 5.02 Å². The molecule has 0 aliphatic carbocycles. The number of alkyl halides is 3. The summed E-state index contributed by atoms with van der Waals surface area (Å²) in [6, 6.07) is 3.83. The molecular formula is C25H32ClF3N4O4S. The van der Waals surface area contributed by atoms with Crippen LogP contribution >= 0.6 is 23.4 Å². The number of nitrogens with zero attached hydrogens (tertiary/aromatic N) is 4. The van der Waals surface area contributed by atoms with E-state index in [2.05, 4.69) is 9.88 Å². The molecule has 210 valence electrons. The Balaban J connectivity index is 0.000000617. The summed E-state index contributed by atoms with van der Waals surface area (Å²) >= 11 is 8.30. The highest BCUT2D eigenvalue weighted by Gasteiger charge is 2.42. The SMILES string of the molecule is CC(F)(F)F.CC1CN(C(=O)OC(C)(C)C)CCN1c1nc(=O)n2c3c(c(Cl)ccc13)SCC1(COC1)C2. The van der Waals surface area contributed by atoms with Crippen LogP contribution in [0.1, 0.15) is 34.6 Å². The molecule has 1 aromatic heterocycles. The third-order valence-corrected chi connectivity index (χ3v) is 8.30. The maximum absolute atomic E-state index is 13.3. The van der Waals surface area contributed by atoms with Crippen LogP contribution in [0.5, 0.6) is 0 Å². The Bertz CT molecular complexity index is 1270. The molecule has 1 atom stereocenters. The molecule has 5 rings (SSSR count). The van der Waals surface area contributed by atoms with Crippen LogP contribution in [0.3, 0.4) is 0 Å². The van der Waals surface area contributed by atoms with Crippen molar-refractivity contribution >= 4 is 46.2 Å². The molecule has 3 aliphatic rings. The Morgan fingerprint density at radius 2 is 1.87 bits per heavy atom. The molecule has 2 saturated heterocycles. The molecule has 4 heterocycles. The second-order valence-corrected chi connectivity index (χ2v) is 12.5. The van der Waals surface area contributed by atoms with E-state index in [9.17, 15) is 22.8 Å². The first-order chi connectivity index (χ1) is 17.6. The van der Waals surface area contributed by atoms with Crippen LogP contribution in [0.25, 0.3) is 10.9 Å². The van der Waals surface area contributed by atoms with Crippen LogP contribution in [-0.4, -0.2) is 77.0 Å². The second-order valence-electron chi connectivity index (χ2n) is 11.1. The van der Waals surface area contributed by atoms with Gasteiger partial charge in [0.15, 0.2) is 0 Å². The zero-order valence-corrected chi connectivity index (χ0v) is 23.6. The smallest absolute Gasteiger partial charge is 0.410 e. The van der Waals surface area contributed by atoms with Gasteiger partial charge in [-0.15, -0.1) is 11.8 Å². The summed E-state index contributed by atoms with van der Waals surface area (Å²) in [5.74, 6) is 1.51. The Morgan fingerprint density at radius 3 is 2.42 bits per heavy atom. The van der Waals surface area contributed by atoms with Crippen molar-refractivity contribution in [2.45, 2.75) is 63.9 Å². The molecule has 1 aromatic carbocycles. The lowest BCUT2D eigenvalue weighted by molar-refractivity contribution is -0.110. The number of carbonyl (C=O) groups excluding carboxylic acids is 1. The number of thioether (sulfide) groups is 1.